The Bertz CT molecular complexity index is 989. The lowest BCUT2D eigenvalue weighted by atomic mass is 10.0. The number of nitrogens with one attached hydrogen (secondary N) is 1. The van der Waals surface area contributed by atoms with E-state index in [0.29, 0.717) is 13.1 Å². The van der Waals surface area contributed by atoms with Crippen molar-refractivity contribution in [3.8, 4) is 5.69 Å². The summed E-state index contributed by atoms with van der Waals surface area (Å²) in [5, 5.41) is 7.50. The van der Waals surface area contributed by atoms with Crippen LogP contribution in [0.1, 0.15) is 23.1 Å². The molecule has 0 aliphatic carbocycles. The average molecular weight is 386 g/mol. The molecular formula is C24H26N4O. The van der Waals surface area contributed by atoms with Crippen molar-refractivity contribution in [3.63, 3.8) is 0 Å². The van der Waals surface area contributed by atoms with Gasteiger partial charge in [-0.05, 0) is 36.6 Å². The van der Waals surface area contributed by atoms with Crippen LogP contribution in [-0.4, -0.2) is 40.2 Å². The molecule has 2 aromatic carbocycles. The fourth-order valence-electron chi connectivity index (χ4n) is 3.49. The smallest absolute Gasteiger partial charge is 0.234 e. The topological polar surface area (TPSA) is 50.2 Å². The molecule has 3 aromatic rings. The number of hydrogen-bond acceptors (Lipinski definition) is 3. The Balaban J connectivity index is 1.29. The van der Waals surface area contributed by atoms with Gasteiger partial charge in [0.25, 0.3) is 0 Å². The Hall–Kier alpha value is -3.18. The number of amides is 1. The molecule has 1 amide bonds. The van der Waals surface area contributed by atoms with Gasteiger partial charge in [-0.1, -0.05) is 54.1 Å². The van der Waals surface area contributed by atoms with Crippen molar-refractivity contribution in [1.82, 2.24) is 20.0 Å². The summed E-state index contributed by atoms with van der Waals surface area (Å²) in [6.07, 6.45) is 7.13. The van der Waals surface area contributed by atoms with Crippen LogP contribution in [0.15, 0.2) is 73.1 Å². The first-order valence-corrected chi connectivity index (χ1v) is 10.0. The Morgan fingerprint density at radius 3 is 2.62 bits per heavy atom. The highest BCUT2D eigenvalue weighted by Crippen LogP contribution is 2.22. The second kappa shape index (κ2) is 8.88. The predicted molar refractivity (Wildman–Crippen MR) is 116 cm³/mol. The molecular weight excluding hydrogens is 360 g/mol. The summed E-state index contributed by atoms with van der Waals surface area (Å²) in [6, 6.07) is 18.4. The molecule has 0 atom stereocenters. The van der Waals surface area contributed by atoms with Gasteiger partial charge in [0.2, 0.25) is 5.91 Å². The highest BCUT2D eigenvalue weighted by molar-refractivity contribution is 5.78. The summed E-state index contributed by atoms with van der Waals surface area (Å²) in [7, 11) is 0. The average Bonchev–Trinajstić information content (AvgIpc) is 3.25. The van der Waals surface area contributed by atoms with Gasteiger partial charge in [0.1, 0.15) is 0 Å². The van der Waals surface area contributed by atoms with E-state index < -0.39 is 0 Å². The van der Waals surface area contributed by atoms with Crippen LogP contribution in [0.3, 0.4) is 0 Å². The Labute approximate surface area is 171 Å². The van der Waals surface area contributed by atoms with E-state index in [1.807, 2.05) is 41.2 Å². The predicted octanol–water partition coefficient (Wildman–Crippen LogP) is 3.59. The number of carbonyl (C=O) groups is 1. The molecule has 148 valence electrons. The van der Waals surface area contributed by atoms with E-state index in [9.17, 15) is 4.79 Å². The number of benzene rings is 2. The number of aryl methyl sites for hydroxylation is 1. The third kappa shape index (κ3) is 5.00. The third-order valence-electron chi connectivity index (χ3n) is 5.24. The molecule has 1 N–H and O–H groups in total. The van der Waals surface area contributed by atoms with E-state index in [1.54, 1.807) is 0 Å². The second-order valence-electron chi connectivity index (χ2n) is 7.49. The third-order valence-corrected chi connectivity index (χ3v) is 5.24. The molecule has 0 saturated carbocycles. The van der Waals surface area contributed by atoms with E-state index in [1.165, 1.54) is 11.1 Å². The zero-order valence-corrected chi connectivity index (χ0v) is 16.7. The lowest BCUT2D eigenvalue weighted by Crippen LogP contribution is -2.39. The van der Waals surface area contributed by atoms with E-state index in [-0.39, 0.29) is 5.91 Å². The summed E-state index contributed by atoms with van der Waals surface area (Å²) < 4.78 is 1.90. The molecule has 1 aliphatic rings. The van der Waals surface area contributed by atoms with Gasteiger partial charge in [-0.3, -0.25) is 9.69 Å². The summed E-state index contributed by atoms with van der Waals surface area (Å²) in [5.74, 6) is 0.0688. The van der Waals surface area contributed by atoms with Gasteiger partial charge in [-0.25, -0.2) is 4.68 Å². The van der Waals surface area contributed by atoms with Crippen LogP contribution in [0.25, 0.3) is 11.3 Å². The Kier molecular flexibility index (Phi) is 5.86. The molecule has 1 aromatic heterocycles. The van der Waals surface area contributed by atoms with Crippen LogP contribution in [-0.2, 0) is 11.3 Å². The van der Waals surface area contributed by atoms with Crippen LogP contribution >= 0.6 is 0 Å². The minimum Gasteiger partial charge on any atom is -0.351 e. The van der Waals surface area contributed by atoms with Gasteiger partial charge in [-0.2, -0.15) is 5.10 Å². The van der Waals surface area contributed by atoms with E-state index >= 15 is 0 Å². The maximum Gasteiger partial charge on any atom is 0.234 e. The van der Waals surface area contributed by atoms with Crippen molar-refractivity contribution in [2.45, 2.75) is 19.9 Å². The monoisotopic (exact) mass is 386 g/mol. The summed E-state index contributed by atoms with van der Waals surface area (Å²) in [4.78, 5) is 14.5. The van der Waals surface area contributed by atoms with Crippen LogP contribution in [0.5, 0.6) is 0 Å². The first-order valence-electron chi connectivity index (χ1n) is 10.0. The Morgan fingerprint density at radius 1 is 1.10 bits per heavy atom. The van der Waals surface area contributed by atoms with Gasteiger partial charge in [0.15, 0.2) is 0 Å². The first-order chi connectivity index (χ1) is 14.2. The van der Waals surface area contributed by atoms with Crippen LogP contribution in [0.2, 0.25) is 0 Å². The number of aromatic nitrogens is 2. The highest BCUT2D eigenvalue weighted by Gasteiger charge is 2.16. The summed E-state index contributed by atoms with van der Waals surface area (Å²) in [5.41, 5.74) is 5.85. The van der Waals surface area contributed by atoms with Crippen molar-refractivity contribution in [1.29, 1.82) is 0 Å². The van der Waals surface area contributed by atoms with E-state index in [0.717, 1.165) is 36.3 Å². The summed E-state index contributed by atoms with van der Waals surface area (Å²) in [6.45, 7) is 4.73. The van der Waals surface area contributed by atoms with Gasteiger partial charge in [0.05, 0.1) is 18.4 Å². The molecule has 1 aliphatic heterocycles. The number of nitrogens with zero attached hydrogens (tertiary/aromatic N) is 3. The van der Waals surface area contributed by atoms with Gasteiger partial charge in [-0.15, -0.1) is 0 Å². The van der Waals surface area contributed by atoms with Crippen LogP contribution < -0.4 is 5.32 Å². The van der Waals surface area contributed by atoms with Gasteiger partial charge >= 0.3 is 0 Å². The van der Waals surface area contributed by atoms with Crippen LogP contribution in [0, 0.1) is 6.92 Å². The number of para-hydroxylation sites is 1. The van der Waals surface area contributed by atoms with Crippen LogP contribution in [0.4, 0.5) is 0 Å². The fraction of sp³-hybridized carbons (Fsp3) is 0.250. The maximum absolute atomic E-state index is 12.3. The molecule has 2 heterocycles. The number of rotatable bonds is 6. The second-order valence-corrected chi connectivity index (χ2v) is 7.49. The largest absolute Gasteiger partial charge is 0.351 e. The quantitative estimate of drug-likeness (QED) is 0.704. The molecule has 0 saturated heterocycles. The molecule has 5 heteroatoms. The molecule has 0 bridgehead atoms. The molecule has 4 rings (SSSR count). The van der Waals surface area contributed by atoms with Gasteiger partial charge in [0, 0.05) is 31.4 Å². The standard InChI is InChI=1S/C24H26N4O/c1-19-7-9-20(10-8-19)15-25-24(29)18-27-13-11-21(12-14-27)22-16-26-28(17-22)23-5-3-2-4-6-23/h2-11,16-17H,12-15,18H2,1H3,(H,25,29). The SMILES string of the molecule is Cc1ccc(CNC(=O)CN2CC=C(c3cnn(-c4ccccc4)c3)CC2)cc1. The molecule has 0 fully saturated rings. The minimum absolute atomic E-state index is 0.0688. The Morgan fingerprint density at radius 2 is 1.90 bits per heavy atom. The normalized spacial score (nSPS) is 14.4. The van der Waals surface area contributed by atoms with Crippen molar-refractivity contribution in [2.24, 2.45) is 0 Å². The lowest BCUT2D eigenvalue weighted by Gasteiger charge is -2.25. The van der Waals surface area contributed by atoms with Crippen molar-refractivity contribution >= 4 is 11.5 Å². The fourth-order valence-corrected chi connectivity index (χ4v) is 3.49. The highest BCUT2D eigenvalue weighted by atomic mass is 16.2. The van der Waals surface area contributed by atoms with Crippen molar-refractivity contribution in [2.75, 3.05) is 19.6 Å². The van der Waals surface area contributed by atoms with Crippen molar-refractivity contribution in [3.05, 3.63) is 89.8 Å². The molecule has 29 heavy (non-hydrogen) atoms. The van der Waals surface area contributed by atoms with Gasteiger partial charge < -0.3 is 5.32 Å². The summed E-state index contributed by atoms with van der Waals surface area (Å²) >= 11 is 0. The molecule has 0 radical (unpaired) electrons. The molecule has 5 nitrogen and oxygen atoms in total. The van der Waals surface area contributed by atoms with E-state index in [2.05, 4.69) is 58.8 Å². The lowest BCUT2D eigenvalue weighted by molar-refractivity contribution is -0.122. The minimum atomic E-state index is 0.0688. The molecule has 0 spiro atoms. The number of hydrogen-bond donors (Lipinski definition) is 1. The zero-order chi connectivity index (χ0) is 20.1. The molecule has 0 unspecified atom stereocenters. The van der Waals surface area contributed by atoms with E-state index in [4.69, 9.17) is 0 Å². The van der Waals surface area contributed by atoms with Crippen molar-refractivity contribution < 1.29 is 4.79 Å². The zero-order valence-electron chi connectivity index (χ0n) is 16.7. The maximum atomic E-state index is 12.3. The first kappa shape index (κ1) is 19.2. The number of carbonyl (C=O) groups excluding carboxylic acids is 1.